The fraction of sp³-hybridized carbons (Fsp3) is 0.656. The van der Waals surface area contributed by atoms with Crippen molar-refractivity contribution in [1.82, 2.24) is 20.4 Å². The molecule has 1 aromatic carbocycles. The molecule has 9 heteroatoms. The van der Waals surface area contributed by atoms with Crippen molar-refractivity contribution >= 4 is 29.4 Å². The largest absolute Gasteiger partial charge is 0.352 e. The first-order valence-corrected chi connectivity index (χ1v) is 15.0. The average molecular weight is 569 g/mol. The first-order valence-electron chi connectivity index (χ1n) is 15.0. The lowest BCUT2D eigenvalue weighted by Crippen LogP contribution is -2.50. The molecule has 2 aliphatic rings. The smallest absolute Gasteiger partial charge is 0.251 e. The Morgan fingerprint density at radius 3 is 2.22 bits per heavy atom. The summed E-state index contributed by atoms with van der Waals surface area (Å²) in [5.41, 5.74) is 1.79. The number of amides is 4. The molecule has 9 nitrogen and oxygen atoms in total. The van der Waals surface area contributed by atoms with Gasteiger partial charge in [0.2, 0.25) is 17.7 Å². The molecule has 0 aromatic heterocycles. The maximum Gasteiger partial charge on any atom is 0.251 e. The van der Waals surface area contributed by atoms with Crippen LogP contribution in [0.25, 0.3) is 0 Å². The second-order valence-corrected chi connectivity index (χ2v) is 13.2. The zero-order chi connectivity index (χ0) is 30.5. The van der Waals surface area contributed by atoms with Gasteiger partial charge in [0.15, 0.2) is 5.78 Å². The first-order chi connectivity index (χ1) is 19.2. The normalized spacial score (nSPS) is 20.1. The zero-order valence-corrected chi connectivity index (χ0v) is 25.8. The number of Topliss-reactive ketones (excluding diaryl/α,β-unsaturated/α-hetero) is 1. The number of rotatable bonds is 11. The van der Waals surface area contributed by atoms with Crippen molar-refractivity contribution < 1.29 is 24.0 Å². The van der Waals surface area contributed by atoms with Crippen molar-refractivity contribution in [2.45, 2.75) is 104 Å². The third-order valence-electron chi connectivity index (χ3n) is 8.19. The lowest BCUT2D eigenvalue weighted by Gasteiger charge is -2.28. The molecule has 1 aromatic rings. The third-order valence-corrected chi connectivity index (χ3v) is 8.19. The molecule has 3 rings (SSSR count). The Labute approximate surface area is 244 Å². The van der Waals surface area contributed by atoms with E-state index >= 15 is 0 Å². The number of carbonyl (C=O) groups excluding carboxylic acids is 5. The van der Waals surface area contributed by atoms with E-state index in [1.165, 1.54) is 6.92 Å². The second kappa shape index (κ2) is 13.6. The van der Waals surface area contributed by atoms with Crippen LogP contribution in [0.3, 0.4) is 0 Å². The van der Waals surface area contributed by atoms with Gasteiger partial charge in [0.25, 0.3) is 5.91 Å². The Morgan fingerprint density at radius 1 is 0.976 bits per heavy atom. The topological polar surface area (TPSA) is 116 Å². The molecule has 2 aliphatic heterocycles. The maximum absolute atomic E-state index is 13.4. The minimum absolute atomic E-state index is 0.0135. The van der Waals surface area contributed by atoms with Crippen molar-refractivity contribution in [3.05, 3.63) is 35.4 Å². The summed E-state index contributed by atoms with van der Waals surface area (Å²) >= 11 is 0. The van der Waals surface area contributed by atoms with Crippen LogP contribution >= 0.6 is 0 Å². The van der Waals surface area contributed by atoms with Crippen LogP contribution < -0.4 is 10.6 Å². The number of fused-ring (bicyclic) bond motifs is 1. The van der Waals surface area contributed by atoms with Gasteiger partial charge in [-0.05, 0) is 60.6 Å². The Morgan fingerprint density at radius 2 is 1.63 bits per heavy atom. The van der Waals surface area contributed by atoms with E-state index in [0.29, 0.717) is 43.8 Å². The van der Waals surface area contributed by atoms with E-state index in [1.807, 2.05) is 31.2 Å². The predicted octanol–water partition coefficient (Wildman–Crippen LogP) is 3.45. The van der Waals surface area contributed by atoms with Gasteiger partial charge in [0.05, 0.1) is 12.6 Å². The fourth-order valence-corrected chi connectivity index (χ4v) is 5.77. The van der Waals surface area contributed by atoms with Crippen LogP contribution in [-0.2, 0) is 24.6 Å². The van der Waals surface area contributed by atoms with Gasteiger partial charge in [-0.25, -0.2) is 0 Å². The van der Waals surface area contributed by atoms with E-state index in [-0.39, 0.29) is 59.8 Å². The maximum atomic E-state index is 13.4. The van der Waals surface area contributed by atoms with Crippen molar-refractivity contribution in [2.75, 3.05) is 19.6 Å². The summed E-state index contributed by atoms with van der Waals surface area (Å²) < 4.78 is 0. The Bertz CT molecular complexity index is 1120. The van der Waals surface area contributed by atoms with Crippen molar-refractivity contribution in [2.24, 2.45) is 11.8 Å². The van der Waals surface area contributed by atoms with Crippen molar-refractivity contribution in [3.8, 4) is 0 Å². The summed E-state index contributed by atoms with van der Waals surface area (Å²) in [4.78, 5) is 67.2. The van der Waals surface area contributed by atoms with Crippen LogP contribution in [0, 0.1) is 11.8 Å². The minimum atomic E-state index is -0.669. The molecule has 4 atom stereocenters. The summed E-state index contributed by atoms with van der Waals surface area (Å²) in [6.07, 6.45) is 2.73. The molecule has 0 saturated carbocycles. The lowest BCUT2D eigenvalue weighted by molar-refractivity contribution is -0.137. The zero-order valence-electron chi connectivity index (χ0n) is 25.8. The van der Waals surface area contributed by atoms with Crippen LogP contribution in [0.2, 0.25) is 0 Å². The van der Waals surface area contributed by atoms with Gasteiger partial charge in [0, 0.05) is 32.0 Å². The van der Waals surface area contributed by atoms with E-state index in [1.54, 1.807) is 9.80 Å². The number of hydrogen-bond donors (Lipinski definition) is 2. The molecule has 2 N–H and O–H groups in total. The first kappa shape index (κ1) is 32.3. The second-order valence-electron chi connectivity index (χ2n) is 13.2. The number of hydrogen-bond acceptors (Lipinski definition) is 5. The van der Waals surface area contributed by atoms with Gasteiger partial charge < -0.3 is 20.4 Å². The number of likely N-dealkylation sites (tertiary alicyclic amines) is 2. The van der Waals surface area contributed by atoms with E-state index < -0.39 is 12.1 Å². The summed E-state index contributed by atoms with van der Waals surface area (Å²) in [5.74, 6) is -0.499. The SMILES string of the molecule is CC(=O)NC(CCC(C)C)C(=O)N1CC(=O)C2C1CCN2C(=O)CC(C)CCNC(=O)c1ccc(C(C)(C)C)cc1. The molecular formula is C32H48N4O5. The number of ketones is 1. The number of nitrogens with zero attached hydrogens (tertiary/aromatic N) is 2. The summed E-state index contributed by atoms with van der Waals surface area (Å²) in [6, 6.07) is 5.97. The van der Waals surface area contributed by atoms with Gasteiger partial charge in [-0.2, -0.15) is 0 Å². The van der Waals surface area contributed by atoms with Gasteiger partial charge >= 0.3 is 0 Å². The van der Waals surface area contributed by atoms with Crippen molar-refractivity contribution in [1.29, 1.82) is 0 Å². The van der Waals surface area contributed by atoms with Gasteiger partial charge in [-0.3, -0.25) is 24.0 Å². The lowest BCUT2D eigenvalue weighted by atomic mass is 9.87. The predicted molar refractivity (Wildman–Crippen MR) is 158 cm³/mol. The molecule has 0 radical (unpaired) electrons. The molecule has 2 saturated heterocycles. The van der Waals surface area contributed by atoms with Crippen LogP contribution in [-0.4, -0.2) is 77.0 Å². The third kappa shape index (κ3) is 8.39. The molecule has 0 aliphatic carbocycles. The minimum Gasteiger partial charge on any atom is -0.352 e. The number of carbonyl (C=O) groups is 5. The quantitative estimate of drug-likeness (QED) is 0.424. The Hall–Kier alpha value is -3.23. The molecule has 2 fully saturated rings. The van der Waals surface area contributed by atoms with Crippen molar-refractivity contribution in [3.63, 3.8) is 0 Å². The van der Waals surface area contributed by atoms with E-state index in [2.05, 4.69) is 45.3 Å². The molecule has 4 unspecified atom stereocenters. The van der Waals surface area contributed by atoms with E-state index in [0.717, 1.165) is 12.0 Å². The molecule has 0 spiro atoms. The van der Waals surface area contributed by atoms with E-state index in [4.69, 9.17) is 0 Å². The fourth-order valence-electron chi connectivity index (χ4n) is 5.77. The highest BCUT2D eigenvalue weighted by molar-refractivity contribution is 5.99. The van der Waals surface area contributed by atoms with Gasteiger partial charge in [-0.1, -0.05) is 53.7 Å². The highest BCUT2D eigenvalue weighted by Gasteiger charge is 2.52. The van der Waals surface area contributed by atoms with E-state index in [9.17, 15) is 24.0 Å². The monoisotopic (exact) mass is 568 g/mol. The summed E-state index contributed by atoms with van der Waals surface area (Å²) in [5, 5.41) is 5.70. The van der Waals surface area contributed by atoms with Crippen LogP contribution in [0.1, 0.15) is 96.5 Å². The highest BCUT2D eigenvalue weighted by Crippen LogP contribution is 2.32. The Kier molecular flexibility index (Phi) is 10.7. The molecule has 2 heterocycles. The number of nitrogens with one attached hydrogen (secondary N) is 2. The van der Waals surface area contributed by atoms with Crippen LogP contribution in [0.15, 0.2) is 24.3 Å². The van der Waals surface area contributed by atoms with Crippen LogP contribution in [0.5, 0.6) is 0 Å². The van der Waals surface area contributed by atoms with Gasteiger partial charge in [-0.15, -0.1) is 0 Å². The Balaban J connectivity index is 1.51. The van der Waals surface area contributed by atoms with Crippen LogP contribution in [0.4, 0.5) is 0 Å². The summed E-state index contributed by atoms with van der Waals surface area (Å²) in [7, 11) is 0. The average Bonchev–Trinajstić information content (AvgIpc) is 3.46. The molecular weight excluding hydrogens is 520 g/mol. The number of benzene rings is 1. The molecule has 226 valence electrons. The standard InChI is InChI=1S/C32H48N4O5/c1-20(2)8-13-25(34-22(4)37)31(41)36-19-27(38)29-26(36)15-17-35(29)28(39)18-21(3)14-16-33-30(40)23-9-11-24(12-10-23)32(5,6)7/h9-12,20-21,25-26,29H,8,13-19H2,1-7H3,(H,33,40)(H,34,37). The van der Waals surface area contributed by atoms with Gasteiger partial charge in [0.1, 0.15) is 12.1 Å². The molecule has 41 heavy (non-hydrogen) atoms. The molecule has 0 bridgehead atoms. The summed E-state index contributed by atoms with van der Waals surface area (Å²) in [6.45, 7) is 14.7. The highest BCUT2D eigenvalue weighted by atomic mass is 16.2. The molecule has 4 amide bonds.